The minimum Gasteiger partial charge on any atom is -0.493 e. The number of methoxy groups -OCH3 is 2. The summed E-state index contributed by atoms with van der Waals surface area (Å²) in [5.41, 5.74) is 1.43. The average molecular weight is 370 g/mol. The van der Waals surface area contributed by atoms with Crippen LogP contribution in [0.2, 0.25) is 0 Å². The number of nitrogens with zero attached hydrogens (tertiary/aromatic N) is 3. The lowest BCUT2D eigenvalue weighted by atomic mass is 10.1. The van der Waals surface area contributed by atoms with E-state index in [9.17, 15) is 14.9 Å². The second-order valence-corrected chi connectivity index (χ2v) is 5.69. The van der Waals surface area contributed by atoms with Crippen LogP contribution in [0.4, 0.5) is 5.69 Å². The Morgan fingerprint density at radius 2 is 2.04 bits per heavy atom. The molecule has 1 aromatic carbocycles. The minimum atomic E-state index is -0.584. The van der Waals surface area contributed by atoms with Gasteiger partial charge in [0.05, 0.1) is 24.8 Å². The number of nitro groups is 1. The van der Waals surface area contributed by atoms with Crippen LogP contribution >= 0.6 is 0 Å². The zero-order valence-electron chi connectivity index (χ0n) is 14.8. The molecule has 0 atom stereocenters. The molecule has 9 heteroatoms. The predicted octanol–water partition coefficient (Wildman–Crippen LogP) is 2.23. The Morgan fingerprint density at radius 1 is 1.26 bits per heavy atom. The number of carbonyl (C=O) groups excluding carboxylic acids is 1. The van der Waals surface area contributed by atoms with Crippen molar-refractivity contribution in [2.24, 2.45) is 0 Å². The first-order valence-electron chi connectivity index (χ1n) is 8.14. The lowest BCUT2D eigenvalue weighted by Gasteiger charge is -2.06. The van der Waals surface area contributed by atoms with Gasteiger partial charge in [-0.15, -0.1) is 0 Å². The molecule has 3 rings (SSSR count). The van der Waals surface area contributed by atoms with Crippen molar-refractivity contribution >= 4 is 17.2 Å². The molecule has 0 fully saturated rings. The van der Waals surface area contributed by atoms with Gasteiger partial charge in [0.15, 0.2) is 17.1 Å². The lowest BCUT2D eigenvalue weighted by molar-refractivity contribution is -0.385. The van der Waals surface area contributed by atoms with Crippen molar-refractivity contribution < 1.29 is 19.2 Å². The van der Waals surface area contributed by atoms with Gasteiger partial charge in [-0.1, -0.05) is 0 Å². The normalized spacial score (nSPS) is 10.6. The monoisotopic (exact) mass is 370 g/mol. The highest BCUT2D eigenvalue weighted by Crippen LogP contribution is 2.27. The van der Waals surface area contributed by atoms with Gasteiger partial charge >= 0.3 is 5.69 Å². The van der Waals surface area contributed by atoms with Gasteiger partial charge in [-0.3, -0.25) is 14.9 Å². The number of nitro benzene ring substituents is 1. The number of amides is 1. The van der Waals surface area contributed by atoms with Crippen LogP contribution in [0, 0.1) is 10.1 Å². The molecule has 0 aliphatic heterocycles. The standard InChI is InChI=1S/C18H18N4O5/c1-26-15-6-5-12(10-14(15)22(24)25)18(23)19-8-7-13-11-21-9-3-4-16(27-2)17(21)20-13/h3-6,9-11H,7-8H2,1-2H3,(H,19,23). The summed E-state index contributed by atoms with van der Waals surface area (Å²) in [6.45, 7) is 0.338. The van der Waals surface area contributed by atoms with Crippen LogP contribution in [-0.2, 0) is 6.42 Å². The molecule has 2 heterocycles. The van der Waals surface area contributed by atoms with Crippen LogP contribution in [0.3, 0.4) is 0 Å². The number of aromatic nitrogens is 2. The number of benzene rings is 1. The molecule has 3 aromatic rings. The minimum absolute atomic E-state index is 0.107. The molecule has 1 N–H and O–H groups in total. The van der Waals surface area contributed by atoms with Crippen LogP contribution in [-0.4, -0.2) is 41.0 Å². The quantitative estimate of drug-likeness (QED) is 0.505. The molecule has 0 unspecified atom stereocenters. The number of carbonyl (C=O) groups is 1. The SMILES string of the molecule is COc1ccc(C(=O)NCCc2cn3cccc(OC)c3n2)cc1[N+](=O)[O-]. The van der Waals surface area contributed by atoms with Gasteiger partial charge in [0.25, 0.3) is 5.91 Å². The van der Waals surface area contributed by atoms with E-state index in [1.165, 1.54) is 25.3 Å². The molecule has 0 spiro atoms. The molecule has 2 aromatic heterocycles. The van der Waals surface area contributed by atoms with Crippen LogP contribution in [0.1, 0.15) is 16.1 Å². The first-order valence-corrected chi connectivity index (χ1v) is 8.14. The number of hydrogen-bond donors (Lipinski definition) is 1. The molecule has 0 radical (unpaired) electrons. The molecule has 9 nitrogen and oxygen atoms in total. The Kier molecular flexibility index (Phi) is 5.20. The predicted molar refractivity (Wildman–Crippen MR) is 97.4 cm³/mol. The van der Waals surface area contributed by atoms with E-state index in [0.29, 0.717) is 24.4 Å². The van der Waals surface area contributed by atoms with Gasteiger partial charge in [-0.05, 0) is 24.3 Å². The van der Waals surface area contributed by atoms with Crippen LogP contribution in [0.5, 0.6) is 11.5 Å². The highest BCUT2D eigenvalue weighted by Gasteiger charge is 2.18. The summed E-state index contributed by atoms with van der Waals surface area (Å²) in [7, 11) is 2.92. The molecular formula is C18H18N4O5. The first kappa shape index (κ1) is 18.2. The molecule has 0 bridgehead atoms. The number of ether oxygens (including phenoxy) is 2. The van der Waals surface area contributed by atoms with Crippen molar-refractivity contribution in [3.63, 3.8) is 0 Å². The largest absolute Gasteiger partial charge is 0.493 e. The van der Waals surface area contributed by atoms with Crippen molar-refractivity contribution in [3.8, 4) is 11.5 Å². The molecular weight excluding hydrogens is 352 g/mol. The second-order valence-electron chi connectivity index (χ2n) is 5.69. The third-order valence-electron chi connectivity index (χ3n) is 4.02. The van der Waals surface area contributed by atoms with Gasteiger partial charge in [0.1, 0.15) is 0 Å². The number of imidazole rings is 1. The summed E-state index contributed by atoms with van der Waals surface area (Å²) in [6, 6.07) is 7.77. The zero-order chi connectivity index (χ0) is 19.4. The fourth-order valence-electron chi connectivity index (χ4n) is 2.70. The molecule has 27 heavy (non-hydrogen) atoms. The maximum atomic E-state index is 12.3. The van der Waals surface area contributed by atoms with Crippen LogP contribution in [0.25, 0.3) is 5.65 Å². The molecule has 0 aliphatic rings. The summed E-state index contributed by atoms with van der Waals surface area (Å²) in [5.74, 6) is 0.371. The number of nitrogens with one attached hydrogen (secondary N) is 1. The molecule has 1 amide bonds. The summed E-state index contributed by atoms with van der Waals surface area (Å²) in [6.07, 6.45) is 4.24. The van der Waals surface area contributed by atoms with Gasteiger partial charge in [-0.2, -0.15) is 0 Å². The Labute approximate surface area is 154 Å². The van der Waals surface area contributed by atoms with Crippen LogP contribution in [0.15, 0.2) is 42.7 Å². The van der Waals surface area contributed by atoms with E-state index in [-0.39, 0.29) is 17.0 Å². The van der Waals surface area contributed by atoms with E-state index in [4.69, 9.17) is 9.47 Å². The van der Waals surface area contributed by atoms with Crippen molar-refractivity contribution in [3.05, 3.63) is 64.1 Å². The van der Waals surface area contributed by atoms with Crippen LogP contribution < -0.4 is 14.8 Å². The van der Waals surface area contributed by atoms with Crippen molar-refractivity contribution in [1.29, 1.82) is 0 Å². The molecule has 140 valence electrons. The Hall–Kier alpha value is -3.62. The van der Waals surface area contributed by atoms with E-state index >= 15 is 0 Å². The fraction of sp³-hybridized carbons (Fsp3) is 0.222. The highest BCUT2D eigenvalue weighted by molar-refractivity contribution is 5.95. The summed E-state index contributed by atoms with van der Waals surface area (Å²) < 4.78 is 12.1. The molecule has 0 saturated carbocycles. The zero-order valence-corrected chi connectivity index (χ0v) is 14.8. The van der Waals surface area contributed by atoms with E-state index in [0.717, 1.165) is 5.69 Å². The highest BCUT2D eigenvalue weighted by atomic mass is 16.6. The average Bonchev–Trinajstić information content (AvgIpc) is 3.10. The van der Waals surface area contributed by atoms with E-state index in [2.05, 4.69) is 10.3 Å². The van der Waals surface area contributed by atoms with E-state index in [1.54, 1.807) is 7.11 Å². The number of fused-ring (bicyclic) bond motifs is 1. The van der Waals surface area contributed by atoms with Crippen molar-refractivity contribution in [2.75, 3.05) is 20.8 Å². The van der Waals surface area contributed by atoms with Gasteiger partial charge < -0.3 is 19.2 Å². The Bertz CT molecular complexity index is 999. The summed E-state index contributed by atoms with van der Waals surface area (Å²) >= 11 is 0. The number of rotatable bonds is 7. The fourth-order valence-corrected chi connectivity index (χ4v) is 2.70. The maximum absolute atomic E-state index is 12.3. The van der Waals surface area contributed by atoms with Gasteiger partial charge in [0.2, 0.25) is 0 Å². The van der Waals surface area contributed by atoms with Crippen molar-refractivity contribution in [1.82, 2.24) is 14.7 Å². The maximum Gasteiger partial charge on any atom is 0.311 e. The topological polar surface area (TPSA) is 108 Å². The number of pyridine rings is 1. The van der Waals surface area contributed by atoms with Gasteiger partial charge in [-0.25, -0.2) is 4.98 Å². The number of hydrogen-bond acceptors (Lipinski definition) is 6. The van der Waals surface area contributed by atoms with E-state index < -0.39 is 10.8 Å². The molecule has 0 aliphatic carbocycles. The summed E-state index contributed by atoms with van der Waals surface area (Å²) in [5, 5.41) is 13.8. The third kappa shape index (κ3) is 3.81. The third-order valence-corrected chi connectivity index (χ3v) is 4.02. The first-order chi connectivity index (χ1) is 13.0. The summed E-state index contributed by atoms with van der Waals surface area (Å²) in [4.78, 5) is 27.2. The van der Waals surface area contributed by atoms with Gasteiger partial charge in [0, 0.05) is 37.0 Å². The second kappa shape index (κ2) is 7.73. The van der Waals surface area contributed by atoms with E-state index in [1.807, 2.05) is 28.9 Å². The molecule has 0 saturated heterocycles. The Morgan fingerprint density at radius 3 is 2.74 bits per heavy atom. The van der Waals surface area contributed by atoms with Crippen molar-refractivity contribution in [2.45, 2.75) is 6.42 Å². The Balaban J connectivity index is 1.66. The lowest BCUT2D eigenvalue weighted by Crippen LogP contribution is -2.25. The smallest absolute Gasteiger partial charge is 0.311 e.